The Morgan fingerprint density at radius 2 is 1.53 bits per heavy atom. The van der Waals surface area contributed by atoms with Crippen LogP contribution in [0.25, 0.3) is 6.08 Å². The lowest BCUT2D eigenvalue weighted by Gasteiger charge is -2.36. The van der Waals surface area contributed by atoms with Crippen LogP contribution in [0.1, 0.15) is 22.6 Å². The third kappa shape index (κ3) is 6.39. The summed E-state index contributed by atoms with van der Waals surface area (Å²) in [5.74, 6) is -0.267. The fraction of sp³-hybridized carbons (Fsp3) is 0.250. The third-order valence-corrected chi connectivity index (χ3v) is 6.04. The molecule has 0 atom stereocenters. The van der Waals surface area contributed by atoms with Gasteiger partial charge in [-0.05, 0) is 28.8 Å². The molecular formula is C28H30N4O2. The van der Waals surface area contributed by atoms with Crippen molar-refractivity contribution in [3.63, 3.8) is 0 Å². The quantitative estimate of drug-likeness (QED) is 0.531. The summed E-state index contributed by atoms with van der Waals surface area (Å²) in [7, 11) is 0. The number of pyridine rings is 1. The average molecular weight is 455 g/mol. The van der Waals surface area contributed by atoms with Gasteiger partial charge >= 0.3 is 0 Å². The Hall–Kier alpha value is -3.77. The topological polar surface area (TPSA) is 65.5 Å². The summed E-state index contributed by atoms with van der Waals surface area (Å²) in [5.41, 5.74) is 2.93. The number of rotatable bonds is 8. The van der Waals surface area contributed by atoms with Crippen LogP contribution < -0.4 is 5.32 Å². The highest BCUT2D eigenvalue weighted by molar-refractivity contribution is 5.91. The average Bonchev–Trinajstić information content (AvgIpc) is 2.90. The van der Waals surface area contributed by atoms with Gasteiger partial charge in [-0.15, -0.1) is 0 Å². The smallest absolute Gasteiger partial charge is 0.244 e. The minimum Gasteiger partial charge on any atom is -0.351 e. The maximum absolute atomic E-state index is 13.5. The van der Waals surface area contributed by atoms with Crippen LogP contribution in [-0.2, 0) is 9.59 Å². The molecule has 2 aromatic carbocycles. The highest BCUT2D eigenvalue weighted by Gasteiger charge is 2.29. The van der Waals surface area contributed by atoms with Gasteiger partial charge in [0.1, 0.15) is 0 Å². The molecule has 0 radical (unpaired) electrons. The van der Waals surface area contributed by atoms with Crippen LogP contribution >= 0.6 is 0 Å². The van der Waals surface area contributed by atoms with Gasteiger partial charge in [0.05, 0.1) is 5.92 Å². The number of hydrogen-bond acceptors (Lipinski definition) is 4. The van der Waals surface area contributed by atoms with Gasteiger partial charge in [-0.3, -0.25) is 19.5 Å². The second-order valence-electron chi connectivity index (χ2n) is 8.33. The van der Waals surface area contributed by atoms with E-state index in [2.05, 4.69) is 15.2 Å². The number of carbonyl (C=O) groups is 2. The van der Waals surface area contributed by atoms with Gasteiger partial charge in [0.2, 0.25) is 11.8 Å². The Kier molecular flexibility index (Phi) is 8.19. The minimum atomic E-state index is -0.292. The van der Waals surface area contributed by atoms with Crippen molar-refractivity contribution >= 4 is 17.9 Å². The molecule has 2 amide bonds. The molecule has 0 saturated carbocycles. The zero-order valence-electron chi connectivity index (χ0n) is 19.2. The number of amides is 2. The van der Waals surface area contributed by atoms with E-state index in [-0.39, 0.29) is 17.7 Å². The first-order chi connectivity index (χ1) is 16.7. The molecule has 0 unspecified atom stereocenters. The van der Waals surface area contributed by atoms with Gasteiger partial charge in [-0.25, -0.2) is 0 Å². The van der Waals surface area contributed by atoms with Crippen molar-refractivity contribution in [1.82, 2.24) is 20.1 Å². The summed E-state index contributed by atoms with van der Waals surface area (Å²) >= 11 is 0. The van der Waals surface area contributed by atoms with E-state index in [9.17, 15) is 9.59 Å². The van der Waals surface area contributed by atoms with E-state index in [1.807, 2.05) is 77.7 Å². The first kappa shape index (κ1) is 23.4. The van der Waals surface area contributed by atoms with Crippen LogP contribution in [0.3, 0.4) is 0 Å². The molecule has 1 aliphatic rings. The number of nitrogens with one attached hydrogen (secondary N) is 1. The van der Waals surface area contributed by atoms with Gasteiger partial charge in [0.15, 0.2) is 0 Å². The van der Waals surface area contributed by atoms with Crippen LogP contribution in [0.4, 0.5) is 0 Å². The first-order valence-corrected chi connectivity index (χ1v) is 11.7. The molecule has 6 heteroatoms. The molecular weight excluding hydrogens is 424 g/mol. The molecule has 0 spiro atoms. The normalized spacial score (nSPS) is 14.4. The Bertz CT molecular complexity index is 1040. The molecule has 1 N–H and O–H groups in total. The monoisotopic (exact) mass is 454 g/mol. The lowest BCUT2D eigenvalue weighted by atomic mass is 9.90. The fourth-order valence-corrected chi connectivity index (χ4v) is 4.19. The highest BCUT2D eigenvalue weighted by Crippen LogP contribution is 2.27. The van der Waals surface area contributed by atoms with E-state index < -0.39 is 0 Å². The molecule has 2 heterocycles. The molecule has 34 heavy (non-hydrogen) atoms. The summed E-state index contributed by atoms with van der Waals surface area (Å²) < 4.78 is 0. The number of nitrogens with zero attached hydrogens (tertiary/aromatic N) is 3. The standard InChI is InChI=1S/C28H30N4O2/c33-26(14-13-23-8-7-15-29-22-23)30-16-17-31-18-20-32(21-19-31)28(34)27(24-9-3-1-4-10-24)25-11-5-2-6-12-25/h1-15,22,27H,16-21H2,(H,30,33)/b14-13-. The van der Waals surface area contributed by atoms with E-state index in [1.54, 1.807) is 18.5 Å². The molecule has 4 rings (SSSR count). The minimum absolute atomic E-state index is 0.119. The van der Waals surface area contributed by atoms with E-state index >= 15 is 0 Å². The summed E-state index contributed by atoms with van der Waals surface area (Å²) in [5, 5.41) is 2.93. The van der Waals surface area contributed by atoms with Gasteiger partial charge in [-0.1, -0.05) is 66.7 Å². The van der Waals surface area contributed by atoms with Crippen LogP contribution in [0.2, 0.25) is 0 Å². The first-order valence-electron chi connectivity index (χ1n) is 11.7. The van der Waals surface area contributed by atoms with Gasteiger partial charge in [-0.2, -0.15) is 0 Å². The van der Waals surface area contributed by atoms with Crippen molar-refractivity contribution < 1.29 is 9.59 Å². The molecule has 1 fully saturated rings. The SMILES string of the molecule is O=C(/C=C\c1cccnc1)NCCN1CCN(C(=O)C(c2ccccc2)c2ccccc2)CC1. The van der Waals surface area contributed by atoms with Crippen molar-refractivity contribution in [2.75, 3.05) is 39.3 Å². The lowest BCUT2D eigenvalue weighted by molar-refractivity contribution is -0.133. The Morgan fingerprint density at radius 1 is 0.882 bits per heavy atom. The van der Waals surface area contributed by atoms with Crippen molar-refractivity contribution in [2.24, 2.45) is 0 Å². The number of benzene rings is 2. The number of piperazine rings is 1. The Balaban J connectivity index is 1.27. The summed E-state index contributed by atoms with van der Waals surface area (Å²) in [6.45, 7) is 4.29. The Morgan fingerprint density at radius 3 is 2.12 bits per heavy atom. The summed E-state index contributed by atoms with van der Waals surface area (Å²) in [6, 6.07) is 23.7. The molecule has 6 nitrogen and oxygen atoms in total. The van der Waals surface area contributed by atoms with Crippen LogP contribution in [-0.4, -0.2) is 65.9 Å². The molecule has 1 saturated heterocycles. The maximum atomic E-state index is 13.5. The van der Waals surface area contributed by atoms with E-state index in [1.165, 1.54) is 6.08 Å². The molecule has 0 aliphatic carbocycles. The van der Waals surface area contributed by atoms with Crippen LogP contribution in [0, 0.1) is 0 Å². The largest absolute Gasteiger partial charge is 0.351 e. The van der Waals surface area contributed by atoms with Crippen LogP contribution in [0.15, 0.2) is 91.3 Å². The van der Waals surface area contributed by atoms with Crippen LogP contribution in [0.5, 0.6) is 0 Å². The van der Waals surface area contributed by atoms with Gasteiger partial charge in [0, 0.05) is 57.7 Å². The van der Waals surface area contributed by atoms with Crippen molar-refractivity contribution in [1.29, 1.82) is 0 Å². The zero-order chi connectivity index (χ0) is 23.6. The summed E-state index contributed by atoms with van der Waals surface area (Å²) in [6.07, 6.45) is 6.70. The predicted octanol–water partition coefficient (Wildman–Crippen LogP) is 3.19. The zero-order valence-corrected chi connectivity index (χ0v) is 19.2. The van der Waals surface area contributed by atoms with Gasteiger partial charge in [0.25, 0.3) is 0 Å². The Labute approximate surface area is 200 Å². The van der Waals surface area contributed by atoms with Crippen molar-refractivity contribution in [2.45, 2.75) is 5.92 Å². The summed E-state index contributed by atoms with van der Waals surface area (Å²) in [4.78, 5) is 33.9. The predicted molar refractivity (Wildman–Crippen MR) is 134 cm³/mol. The highest BCUT2D eigenvalue weighted by atomic mass is 16.2. The van der Waals surface area contributed by atoms with E-state index in [0.29, 0.717) is 19.6 Å². The maximum Gasteiger partial charge on any atom is 0.244 e. The second kappa shape index (κ2) is 11.9. The van der Waals surface area contributed by atoms with Crippen molar-refractivity contribution in [3.8, 4) is 0 Å². The number of carbonyl (C=O) groups excluding carboxylic acids is 2. The van der Waals surface area contributed by atoms with Crippen molar-refractivity contribution in [3.05, 3.63) is 108 Å². The molecule has 174 valence electrons. The number of hydrogen-bond donors (Lipinski definition) is 1. The molecule has 1 aliphatic heterocycles. The van der Waals surface area contributed by atoms with E-state index in [0.717, 1.165) is 36.3 Å². The number of aromatic nitrogens is 1. The third-order valence-electron chi connectivity index (χ3n) is 6.04. The second-order valence-corrected chi connectivity index (χ2v) is 8.33. The molecule has 3 aromatic rings. The lowest BCUT2D eigenvalue weighted by Crippen LogP contribution is -2.51. The fourth-order valence-electron chi connectivity index (χ4n) is 4.19. The van der Waals surface area contributed by atoms with E-state index in [4.69, 9.17) is 0 Å². The van der Waals surface area contributed by atoms with Gasteiger partial charge < -0.3 is 10.2 Å². The molecule has 1 aromatic heterocycles. The molecule has 0 bridgehead atoms.